The van der Waals surface area contributed by atoms with Crippen molar-refractivity contribution in [1.29, 1.82) is 0 Å². The number of piperidine rings is 1. The normalized spacial score (nSPS) is 15.8. The third-order valence-corrected chi connectivity index (χ3v) is 6.34. The molecule has 132 valence electrons. The Morgan fingerprint density at radius 3 is 2.60 bits per heavy atom. The van der Waals surface area contributed by atoms with Gasteiger partial charge in [0.2, 0.25) is 5.91 Å². The van der Waals surface area contributed by atoms with Gasteiger partial charge in [-0.1, -0.05) is 42.1 Å². The summed E-state index contributed by atoms with van der Waals surface area (Å²) in [5.41, 5.74) is 1.50. The maximum absolute atomic E-state index is 13.1. The maximum atomic E-state index is 13.1. The Kier molecular flexibility index (Phi) is 6.09. The third-order valence-electron chi connectivity index (χ3n) is 4.08. The summed E-state index contributed by atoms with van der Waals surface area (Å²) in [4.78, 5) is 30.2. The van der Waals surface area contributed by atoms with Crippen LogP contribution in [-0.2, 0) is 16.0 Å². The molecule has 3 rings (SSSR count). The second-order valence-electron chi connectivity index (χ2n) is 5.97. The van der Waals surface area contributed by atoms with Crippen molar-refractivity contribution >= 4 is 35.0 Å². The molecular formula is C18H20N2O3S2. The first-order valence-electron chi connectivity index (χ1n) is 8.30. The Morgan fingerprint density at radius 2 is 1.92 bits per heavy atom. The average Bonchev–Trinajstić information content (AvgIpc) is 3.07. The molecular weight excluding hydrogens is 356 g/mol. The Balaban J connectivity index is 1.80. The smallest absolute Gasteiger partial charge is 0.309 e. The number of hydrogen-bond acceptors (Lipinski definition) is 5. The highest BCUT2D eigenvalue weighted by Gasteiger charge is 2.28. The zero-order valence-electron chi connectivity index (χ0n) is 13.8. The molecule has 1 fully saturated rings. The fourth-order valence-electron chi connectivity index (χ4n) is 2.85. The quantitative estimate of drug-likeness (QED) is 0.780. The average molecular weight is 377 g/mol. The molecule has 0 unspecified atom stereocenters. The first-order chi connectivity index (χ1) is 12.1. The van der Waals surface area contributed by atoms with Gasteiger partial charge in [0.05, 0.1) is 12.1 Å². The van der Waals surface area contributed by atoms with Crippen LogP contribution < -0.4 is 0 Å². The lowest BCUT2D eigenvalue weighted by molar-refractivity contribution is -0.136. The van der Waals surface area contributed by atoms with E-state index in [1.54, 1.807) is 5.38 Å². The van der Waals surface area contributed by atoms with E-state index in [4.69, 9.17) is 5.11 Å². The van der Waals surface area contributed by atoms with E-state index in [-0.39, 0.29) is 17.6 Å². The summed E-state index contributed by atoms with van der Waals surface area (Å²) in [5.74, 6) is -0.781. The number of carboxylic acid groups (broad SMARTS) is 1. The van der Waals surface area contributed by atoms with E-state index in [1.165, 1.54) is 29.5 Å². The topological polar surface area (TPSA) is 70.5 Å². The minimum atomic E-state index is -0.897. The van der Waals surface area contributed by atoms with Crippen LogP contribution in [0.15, 0.2) is 40.1 Å². The predicted molar refractivity (Wildman–Crippen MR) is 98.9 cm³/mol. The van der Waals surface area contributed by atoms with Crippen LogP contribution in [0.3, 0.4) is 0 Å². The number of aromatic nitrogens is 1. The standard InChI is InChI=1S/C18H20N2O3S2/c21-15(22)11-14-12-24-18(19-14)25-16(13-7-3-1-4-8-13)17(23)20-9-5-2-6-10-20/h1,3-4,7-8,12,16H,2,5-6,9-11H2,(H,21,22)/t16-/m1/s1. The van der Waals surface area contributed by atoms with E-state index >= 15 is 0 Å². The predicted octanol–water partition coefficient (Wildman–Crippen LogP) is 3.62. The van der Waals surface area contributed by atoms with Crippen LogP contribution >= 0.6 is 23.1 Å². The van der Waals surface area contributed by atoms with Crippen LogP contribution in [0.5, 0.6) is 0 Å². The number of hydrogen-bond donors (Lipinski definition) is 1. The second kappa shape index (κ2) is 8.49. The number of carbonyl (C=O) groups is 2. The zero-order valence-corrected chi connectivity index (χ0v) is 15.4. The van der Waals surface area contributed by atoms with E-state index in [2.05, 4.69) is 4.98 Å². The minimum Gasteiger partial charge on any atom is -0.481 e. The first-order valence-corrected chi connectivity index (χ1v) is 10.1. The SMILES string of the molecule is O=C(O)Cc1csc(S[C@@H](C(=O)N2CCCCC2)c2ccccc2)n1. The number of benzene rings is 1. The Labute approximate surface area is 155 Å². The number of carbonyl (C=O) groups excluding carboxylic acids is 1. The summed E-state index contributed by atoms with van der Waals surface area (Å²) in [6.07, 6.45) is 3.20. The molecule has 0 saturated carbocycles. The number of carboxylic acids is 1. The van der Waals surface area contributed by atoms with Crippen molar-refractivity contribution in [3.8, 4) is 0 Å². The summed E-state index contributed by atoms with van der Waals surface area (Å²) in [5, 5.41) is 10.3. The Morgan fingerprint density at radius 1 is 1.20 bits per heavy atom. The fraction of sp³-hybridized carbons (Fsp3) is 0.389. The second-order valence-corrected chi connectivity index (χ2v) is 8.18. The first kappa shape index (κ1) is 17.9. The van der Waals surface area contributed by atoms with Crippen molar-refractivity contribution in [1.82, 2.24) is 9.88 Å². The van der Waals surface area contributed by atoms with Gasteiger partial charge in [-0.2, -0.15) is 0 Å². The molecule has 1 saturated heterocycles. The van der Waals surface area contributed by atoms with Crippen LogP contribution in [0.2, 0.25) is 0 Å². The summed E-state index contributed by atoms with van der Waals surface area (Å²) < 4.78 is 0.732. The number of amides is 1. The molecule has 1 aromatic carbocycles. The van der Waals surface area contributed by atoms with Crippen LogP contribution in [-0.4, -0.2) is 40.0 Å². The van der Waals surface area contributed by atoms with E-state index in [9.17, 15) is 9.59 Å². The molecule has 7 heteroatoms. The van der Waals surface area contributed by atoms with Gasteiger partial charge in [0.15, 0.2) is 4.34 Å². The number of nitrogens with zero attached hydrogens (tertiary/aromatic N) is 2. The third kappa shape index (κ3) is 4.83. The van der Waals surface area contributed by atoms with Crippen molar-refractivity contribution in [2.45, 2.75) is 35.3 Å². The molecule has 1 aliphatic heterocycles. The molecule has 2 aromatic rings. The molecule has 0 spiro atoms. The van der Waals surface area contributed by atoms with E-state index < -0.39 is 5.97 Å². The van der Waals surface area contributed by atoms with Crippen molar-refractivity contribution in [3.63, 3.8) is 0 Å². The van der Waals surface area contributed by atoms with Crippen LogP contribution in [0.1, 0.15) is 35.8 Å². The molecule has 1 atom stereocenters. The van der Waals surface area contributed by atoms with E-state index in [0.717, 1.165) is 35.8 Å². The molecule has 0 bridgehead atoms. The highest BCUT2D eigenvalue weighted by molar-refractivity contribution is 8.01. The minimum absolute atomic E-state index is 0.0901. The number of rotatable bonds is 6. The van der Waals surface area contributed by atoms with Gasteiger partial charge in [0.25, 0.3) is 0 Å². The molecule has 0 aliphatic carbocycles. The summed E-state index contributed by atoms with van der Waals surface area (Å²) >= 11 is 2.81. The molecule has 1 aliphatic rings. The Bertz CT molecular complexity index is 727. The maximum Gasteiger partial charge on any atom is 0.309 e. The monoisotopic (exact) mass is 376 g/mol. The molecule has 1 aromatic heterocycles. The lowest BCUT2D eigenvalue weighted by Gasteiger charge is -2.30. The van der Waals surface area contributed by atoms with Crippen molar-refractivity contribution in [2.24, 2.45) is 0 Å². The van der Waals surface area contributed by atoms with Crippen molar-refractivity contribution in [3.05, 3.63) is 47.0 Å². The number of aliphatic carboxylic acids is 1. The van der Waals surface area contributed by atoms with Gasteiger partial charge in [0, 0.05) is 18.5 Å². The summed E-state index contributed by atoms with van der Waals surface area (Å²) in [7, 11) is 0. The van der Waals surface area contributed by atoms with Gasteiger partial charge in [-0.3, -0.25) is 9.59 Å². The highest BCUT2D eigenvalue weighted by Crippen LogP contribution is 2.38. The van der Waals surface area contributed by atoms with Crippen LogP contribution in [0, 0.1) is 0 Å². The highest BCUT2D eigenvalue weighted by atomic mass is 32.2. The number of thioether (sulfide) groups is 1. The Hall–Kier alpha value is -1.86. The van der Waals surface area contributed by atoms with E-state index in [0.29, 0.717) is 5.69 Å². The summed E-state index contributed by atoms with van der Waals surface area (Å²) in [6, 6.07) is 9.73. The lowest BCUT2D eigenvalue weighted by atomic mass is 10.1. The molecule has 0 radical (unpaired) electrons. The van der Waals surface area contributed by atoms with Gasteiger partial charge in [-0.15, -0.1) is 11.3 Å². The fourth-order valence-corrected chi connectivity index (χ4v) is 4.96. The number of thiazole rings is 1. The summed E-state index contributed by atoms with van der Waals surface area (Å²) in [6.45, 7) is 1.62. The van der Waals surface area contributed by atoms with E-state index in [1.807, 2.05) is 35.2 Å². The lowest BCUT2D eigenvalue weighted by Crippen LogP contribution is -2.38. The van der Waals surface area contributed by atoms with Crippen molar-refractivity contribution < 1.29 is 14.7 Å². The number of likely N-dealkylation sites (tertiary alicyclic amines) is 1. The van der Waals surface area contributed by atoms with Gasteiger partial charge in [0.1, 0.15) is 5.25 Å². The van der Waals surface area contributed by atoms with Gasteiger partial charge in [-0.05, 0) is 24.8 Å². The largest absolute Gasteiger partial charge is 0.481 e. The molecule has 1 amide bonds. The van der Waals surface area contributed by atoms with Gasteiger partial charge in [-0.25, -0.2) is 4.98 Å². The van der Waals surface area contributed by atoms with Crippen molar-refractivity contribution in [2.75, 3.05) is 13.1 Å². The molecule has 25 heavy (non-hydrogen) atoms. The molecule has 5 nitrogen and oxygen atoms in total. The zero-order chi connectivity index (χ0) is 17.6. The van der Waals surface area contributed by atoms with Crippen LogP contribution in [0.25, 0.3) is 0 Å². The molecule has 2 heterocycles. The van der Waals surface area contributed by atoms with Crippen LogP contribution in [0.4, 0.5) is 0 Å². The van der Waals surface area contributed by atoms with Gasteiger partial charge < -0.3 is 10.0 Å². The molecule has 1 N–H and O–H groups in total. The van der Waals surface area contributed by atoms with Gasteiger partial charge >= 0.3 is 5.97 Å².